The number of benzene rings is 1. The number of hydrogen-bond donors (Lipinski definition) is 0. The first kappa shape index (κ1) is 11.6. The highest BCUT2D eigenvalue weighted by Gasteiger charge is 2.38. The van der Waals surface area contributed by atoms with E-state index in [1.165, 1.54) is 0 Å². The summed E-state index contributed by atoms with van der Waals surface area (Å²) in [7, 11) is 1.64. The number of hydrogen-bond acceptors (Lipinski definition) is 2. The van der Waals surface area contributed by atoms with Crippen LogP contribution in [-0.4, -0.2) is 12.9 Å². The number of halogens is 1. The molecule has 0 spiro atoms. The first-order chi connectivity index (χ1) is 7.61. The fourth-order valence-electron chi connectivity index (χ4n) is 1.90. The van der Waals surface area contributed by atoms with Gasteiger partial charge in [-0.15, -0.1) is 0 Å². The lowest BCUT2D eigenvalue weighted by molar-refractivity contribution is -0.119. The van der Waals surface area contributed by atoms with Crippen molar-refractivity contribution >= 4 is 21.7 Å². The van der Waals surface area contributed by atoms with E-state index in [0.717, 1.165) is 22.2 Å². The Balaban J connectivity index is 2.10. The number of ketones is 1. The summed E-state index contributed by atoms with van der Waals surface area (Å²) in [4.78, 5) is 11.9. The van der Waals surface area contributed by atoms with Crippen LogP contribution < -0.4 is 4.74 Å². The van der Waals surface area contributed by atoms with Gasteiger partial charge in [0.2, 0.25) is 0 Å². The van der Waals surface area contributed by atoms with Gasteiger partial charge in [-0.05, 0) is 36.1 Å². The molecule has 16 heavy (non-hydrogen) atoms. The van der Waals surface area contributed by atoms with E-state index < -0.39 is 0 Å². The Bertz CT molecular complexity index is 414. The molecule has 1 aromatic carbocycles. The molecule has 0 N–H and O–H groups in total. The van der Waals surface area contributed by atoms with Gasteiger partial charge in [-0.25, -0.2) is 0 Å². The summed E-state index contributed by atoms with van der Waals surface area (Å²) >= 11 is 3.46. The van der Waals surface area contributed by atoms with Crippen LogP contribution >= 0.6 is 15.9 Å². The van der Waals surface area contributed by atoms with Crippen LogP contribution in [0.4, 0.5) is 0 Å². The Hall–Kier alpha value is -0.830. The zero-order valence-corrected chi connectivity index (χ0v) is 11.1. The molecule has 0 radical (unpaired) electrons. The molecule has 0 aromatic heterocycles. The zero-order chi connectivity index (χ0) is 11.7. The fourth-order valence-corrected chi connectivity index (χ4v) is 2.29. The first-order valence-corrected chi connectivity index (χ1v) is 6.26. The molecule has 1 aliphatic carbocycles. The van der Waals surface area contributed by atoms with Crippen LogP contribution in [-0.2, 0) is 11.2 Å². The molecule has 2 nitrogen and oxygen atoms in total. The quantitative estimate of drug-likeness (QED) is 0.848. The molecule has 3 heteroatoms. The average Bonchev–Trinajstić information content (AvgIpc) is 2.99. The number of ether oxygens (including phenoxy) is 1. The minimum Gasteiger partial charge on any atom is -0.497 e. The maximum Gasteiger partial charge on any atom is 0.140 e. The summed E-state index contributed by atoms with van der Waals surface area (Å²) in [5.74, 6) is 2.02. The van der Waals surface area contributed by atoms with Crippen LogP contribution in [0.1, 0.15) is 18.9 Å². The van der Waals surface area contributed by atoms with Crippen molar-refractivity contribution in [2.75, 3.05) is 7.11 Å². The van der Waals surface area contributed by atoms with Crippen molar-refractivity contribution in [1.82, 2.24) is 0 Å². The van der Waals surface area contributed by atoms with Crippen molar-refractivity contribution in [3.05, 3.63) is 28.2 Å². The summed E-state index contributed by atoms with van der Waals surface area (Å²) in [6.45, 7) is 2.13. The summed E-state index contributed by atoms with van der Waals surface area (Å²) in [6.07, 6.45) is 1.56. The molecule has 0 aliphatic heterocycles. The molecule has 0 bridgehead atoms. The summed E-state index contributed by atoms with van der Waals surface area (Å²) in [5.41, 5.74) is 1.02. The van der Waals surface area contributed by atoms with Crippen molar-refractivity contribution in [3.63, 3.8) is 0 Å². The molecule has 1 aliphatic rings. The van der Waals surface area contributed by atoms with Crippen LogP contribution in [0, 0.1) is 11.8 Å². The van der Waals surface area contributed by atoms with E-state index in [-0.39, 0.29) is 5.92 Å². The molecule has 0 amide bonds. The molecule has 2 atom stereocenters. The minimum absolute atomic E-state index is 0.290. The Kier molecular flexibility index (Phi) is 3.33. The normalized spacial score (nSPS) is 22.9. The average molecular weight is 283 g/mol. The van der Waals surface area contributed by atoms with Gasteiger partial charge in [0.25, 0.3) is 0 Å². The van der Waals surface area contributed by atoms with Gasteiger partial charge in [0.1, 0.15) is 11.5 Å². The molecule has 1 saturated carbocycles. The lowest BCUT2D eigenvalue weighted by Crippen LogP contribution is -2.06. The predicted molar refractivity (Wildman–Crippen MR) is 66.7 cm³/mol. The monoisotopic (exact) mass is 282 g/mol. The van der Waals surface area contributed by atoms with Crippen molar-refractivity contribution in [1.29, 1.82) is 0 Å². The second-order valence-electron chi connectivity index (χ2n) is 4.42. The number of Topliss-reactive ketones (excluding diaryl/α,β-unsaturated/α-hetero) is 1. The maximum atomic E-state index is 11.9. The highest BCUT2D eigenvalue weighted by Crippen LogP contribution is 2.39. The molecule has 0 heterocycles. The number of rotatable bonds is 4. The van der Waals surface area contributed by atoms with Crippen LogP contribution in [0.2, 0.25) is 0 Å². The molecule has 1 fully saturated rings. The predicted octanol–water partition coefficient (Wildman–Crippen LogP) is 3.23. The Morgan fingerprint density at radius 2 is 2.25 bits per heavy atom. The van der Waals surface area contributed by atoms with Gasteiger partial charge in [-0.2, -0.15) is 0 Å². The molecule has 1 aromatic rings. The van der Waals surface area contributed by atoms with Crippen molar-refractivity contribution in [2.45, 2.75) is 19.8 Å². The Labute approximate surface area is 104 Å². The van der Waals surface area contributed by atoms with E-state index in [1.54, 1.807) is 7.11 Å². The van der Waals surface area contributed by atoms with Gasteiger partial charge in [0.15, 0.2) is 0 Å². The van der Waals surface area contributed by atoms with Gasteiger partial charge in [0, 0.05) is 16.8 Å². The van der Waals surface area contributed by atoms with Crippen LogP contribution in [0.25, 0.3) is 0 Å². The third-order valence-electron chi connectivity index (χ3n) is 3.14. The number of methoxy groups -OCH3 is 1. The van der Waals surface area contributed by atoms with Crippen LogP contribution in [0.3, 0.4) is 0 Å². The van der Waals surface area contributed by atoms with Crippen LogP contribution in [0.15, 0.2) is 22.7 Å². The van der Waals surface area contributed by atoms with E-state index >= 15 is 0 Å². The Morgan fingerprint density at radius 3 is 2.81 bits per heavy atom. The smallest absolute Gasteiger partial charge is 0.140 e. The topological polar surface area (TPSA) is 26.3 Å². The van der Waals surface area contributed by atoms with Gasteiger partial charge in [-0.1, -0.05) is 22.9 Å². The molecular formula is C13H15BrO2. The number of carbonyl (C=O) groups is 1. The van der Waals surface area contributed by atoms with Gasteiger partial charge >= 0.3 is 0 Å². The maximum absolute atomic E-state index is 11.9. The van der Waals surface area contributed by atoms with E-state index in [2.05, 4.69) is 22.9 Å². The van der Waals surface area contributed by atoms with Gasteiger partial charge < -0.3 is 4.74 Å². The van der Waals surface area contributed by atoms with E-state index in [9.17, 15) is 4.79 Å². The lowest BCUT2D eigenvalue weighted by atomic mass is 10.1. The van der Waals surface area contributed by atoms with Crippen molar-refractivity contribution in [2.24, 2.45) is 11.8 Å². The van der Waals surface area contributed by atoms with Crippen molar-refractivity contribution in [3.8, 4) is 5.75 Å². The van der Waals surface area contributed by atoms with E-state index in [4.69, 9.17) is 4.74 Å². The van der Waals surface area contributed by atoms with E-state index in [1.807, 2.05) is 18.2 Å². The summed E-state index contributed by atoms with van der Waals surface area (Å²) < 4.78 is 6.14. The molecule has 0 saturated heterocycles. The second kappa shape index (κ2) is 4.58. The second-order valence-corrected chi connectivity index (χ2v) is 5.27. The van der Waals surface area contributed by atoms with Crippen molar-refractivity contribution < 1.29 is 9.53 Å². The van der Waals surface area contributed by atoms with E-state index in [0.29, 0.717) is 18.1 Å². The Morgan fingerprint density at radius 1 is 1.56 bits per heavy atom. The van der Waals surface area contributed by atoms with Crippen LogP contribution in [0.5, 0.6) is 5.75 Å². The largest absolute Gasteiger partial charge is 0.497 e. The fraction of sp³-hybridized carbons (Fsp3) is 0.462. The molecule has 2 rings (SSSR count). The third-order valence-corrected chi connectivity index (χ3v) is 3.91. The van der Waals surface area contributed by atoms with Gasteiger partial charge in [-0.3, -0.25) is 4.79 Å². The highest BCUT2D eigenvalue weighted by atomic mass is 79.9. The lowest BCUT2D eigenvalue weighted by Gasteiger charge is -2.06. The highest BCUT2D eigenvalue weighted by molar-refractivity contribution is 9.10. The third kappa shape index (κ3) is 2.46. The SMILES string of the molecule is COc1ccc(Br)c(CC(=O)C2CC2C)c1. The molecule has 2 unspecified atom stereocenters. The molecular weight excluding hydrogens is 268 g/mol. The van der Waals surface area contributed by atoms with Gasteiger partial charge in [0.05, 0.1) is 7.11 Å². The summed E-state index contributed by atoms with van der Waals surface area (Å²) in [6, 6.07) is 5.74. The summed E-state index contributed by atoms with van der Waals surface area (Å²) in [5, 5.41) is 0. The standard InChI is InChI=1S/C13H15BrO2/c1-8-5-11(8)13(15)7-9-6-10(16-2)3-4-12(9)14/h3-4,6,8,11H,5,7H2,1-2H3. The zero-order valence-electron chi connectivity index (χ0n) is 9.50. The number of carbonyl (C=O) groups excluding carboxylic acids is 1. The molecule has 86 valence electrons. The first-order valence-electron chi connectivity index (χ1n) is 5.47. The minimum atomic E-state index is 0.290.